The number of esters is 2. The van der Waals surface area contributed by atoms with Gasteiger partial charge in [0.2, 0.25) is 0 Å². The van der Waals surface area contributed by atoms with Crippen molar-refractivity contribution >= 4 is 17.7 Å². The van der Waals surface area contributed by atoms with Crippen molar-refractivity contribution < 1.29 is 23.9 Å². The molecule has 2 saturated heterocycles. The van der Waals surface area contributed by atoms with Crippen molar-refractivity contribution in [2.45, 2.75) is 25.4 Å². The summed E-state index contributed by atoms with van der Waals surface area (Å²) in [6.45, 7) is 2.84. The molecule has 2 aliphatic heterocycles. The standard InChI is InChI=1S/C25H30N4O5/c1-5-14-29-15-24(22(31)33-3)19(17-10-6-8-12-26-17)28(2)20(18-11-7-9-13-27-18)25(16-29,21(24)30)23(32)34-4/h6-13,19-20H,5,14-16H2,1-4H3. The molecule has 34 heavy (non-hydrogen) atoms. The minimum absolute atomic E-state index is 0.117. The van der Waals surface area contributed by atoms with Gasteiger partial charge in [-0.05, 0) is 44.3 Å². The Morgan fingerprint density at radius 3 is 1.76 bits per heavy atom. The van der Waals surface area contributed by atoms with E-state index in [9.17, 15) is 14.4 Å². The fourth-order valence-corrected chi connectivity index (χ4v) is 5.94. The summed E-state index contributed by atoms with van der Waals surface area (Å²) in [6, 6.07) is 9.20. The summed E-state index contributed by atoms with van der Waals surface area (Å²) in [6.07, 6.45) is 4.04. The Morgan fingerprint density at radius 2 is 1.41 bits per heavy atom. The van der Waals surface area contributed by atoms with Crippen molar-refractivity contribution in [1.82, 2.24) is 19.8 Å². The summed E-state index contributed by atoms with van der Waals surface area (Å²) < 4.78 is 10.5. The molecule has 2 aliphatic rings. The largest absolute Gasteiger partial charge is 0.468 e. The highest BCUT2D eigenvalue weighted by Gasteiger charge is 2.75. The lowest BCUT2D eigenvalue weighted by Crippen LogP contribution is -2.75. The van der Waals surface area contributed by atoms with Gasteiger partial charge >= 0.3 is 11.9 Å². The molecule has 9 nitrogen and oxygen atoms in total. The molecule has 0 amide bonds. The van der Waals surface area contributed by atoms with Crippen LogP contribution in [-0.4, -0.2) is 78.4 Å². The zero-order valence-electron chi connectivity index (χ0n) is 19.9. The van der Waals surface area contributed by atoms with Crippen molar-refractivity contribution in [3.05, 3.63) is 60.2 Å². The molecule has 0 spiro atoms. The van der Waals surface area contributed by atoms with Crippen LogP contribution >= 0.6 is 0 Å². The van der Waals surface area contributed by atoms with Gasteiger partial charge in [0.15, 0.2) is 16.6 Å². The molecule has 2 aromatic heterocycles. The summed E-state index contributed by atoms with van der Waals surface area (Å²) in [5.74, 6) is -1.88. The summed E-state index contributed by atoms with van der Waals surface area (Å²) >= 11 is 0. The number of rotatable bonds is 6. The van der Waals surface area contributed by atoms with Gasteiger partial charge in [-0.3, -0.25) is 29.3 Å². The molecule has 180 valence electrons. The number of likely N-dealkylation sites (tertiary alicyclic amines) is 2. The molecule has 9 heteroatoms. The predicted octanol–water partition coefficient (Wildman–Crippen LogP) is 1.82. The second-order valence-corrected chi connectivity index (χ2v) is 8.95. The topological polar surface area (TPSA) is 102 Å². The van der Waals surface area contributed by atoms with Gasteiger partial charge in [0.1, 0.15) is 0 Å². The third-order valence-corrected chi connectivity index (χ3v) is 7.08. The third kappa shape index (κ3) is 3.33. The SMILES string of the molecule is CCCN1CC2(C(=O)OC)C(=O)C(C(=O)OC)(C1)C(c1ccccn1)N(C)C2c1ccccn1. The molecule has 4 rings (SSSR count). The van der Waals surface area contributed by atoms with E-state index in [1.807, 2.05) is 28.9 Å². The fraction of sp³-hybridized carbons (Fsp3) is 0.480. The lowest BCUT2D eigenvalue weighted by Gasteiger charge is -2.60. The van der Waals surface area contributed by atoms with Crippen molar-refractivity contribution in [3.63, 3.8) is 0 Å². The summed E-state index contributed by atoms with van der Waals surface area (Å²) in [7, 11) is 4.34. The first-order valence-corrected chi connectivity index (χ1v) is 11.4. The number of ether oxygens (including phenoxy) is 2. The van der Waals surface area contributed by atoms with Crippen LogP contribution in [0.5, 0.6) is 0 Å². The number of hydrogen-bond donors (Lipinski definition) is 0. The average Bonchev–Trinajstić information content (AvgIpc) is 2.86. The van der Waals surface area contributed by atoms with Gasteiger partial charge in [0, 0.05) is 25.5 Å². The van der Waals surface area contributed by atoms with Gasteiger partial charge in [-0.25, -0.2) is 0 Å². The minimum atomic E-state index is -1.68. The molecule has 0 radical (unpaired) electrons. The van der Waals surface area contributed by atoms with Gasteiger partial charge < -0.3 is 14.4 Å². The molecule has 2 aromatic rings. The maximum Gasteiger partial charge on any atom is 0.322 e. The van der Waals surface area contributed by atoms with Gasteiger partial charge in [-0.1, -0.05) is 19.1 Å². The average molecular weight is 467 g/mol. The molecule has 4 unspecified atom stereocenters. The second-order valence-electron chi connectivity index (χ2n) is 8.95. The Balaban J connectivity index is 2.07. The predicted molar refractivity (Wildman–Crippen MR) is 122 cm³/mol. The van der Waals surface area contributed by atoms with Crippen molar-refractivity contribution in [2.75, 3.05) is 40.9 Å². The zero-order chi connectivity index (χ0) is 24.5. The van der Waals surface area contributed by atoms with Crippen LogP contribution < -0.4 is 0 Å². The van der Waals surface area contributed by atoms with Crippen LogP contribution in [0, 0.1) is 10.8 Å². The first-order chi connectivity index (χ1) is 16.4. The highest BCUT2D eigenvalue weighted by atomic mass is 16.5. The molecular formula is C25H30N4O5. The van der Waals surface area contributed by atoms with Crippen molar-refractivity contribution in [3.8, 4) is 0 Å². The monoisotopic (exact) mass is 466 g/mol. The maximum atomic E-state index is 14.6. The summed E-state index contributed by atoms with van der Waals surface area (Å²) in [4.78, 5) is 54.7. The van der Waals surface area contributed by atoms with E-state index < -0.39 is 40.6 Å². The molecule has 0 aromatic carbocycles. The number of piperidine rings is 2. The van der Waals surface area contributed by atoms with Gasteiger partial charge in [0.25, 0.3) is 0 Å². The normalized spacial score (nSPS) is 29.5. The molecule has 2 fully saturated rings. The molecule has 0 saturated carbocycles. The van der Waals surface area contributed by atoms with Crippen molar-refractivity contribution in [1.29, 1.82) is 0 Å². The number of hydrogen-bond acceptors (Lipinski definition) is 9. The smallest absolute Gasteiger partial charge is 0.322 e. The highest BCUT2D eigenvalue weighted by Crippen LogP contribution is 2.60. The van der Waals surface area contributed by atoms with Crippen molar-refractivity contribution in [2.24, 2.45) is 10.8 Å². The van der Waals surface area contributed by atoms with Crippen LogP contribution in [0.3, 0.4) is 0 Å². The van der Waals surface area contributed by atoms with Gasteiger partial charge in [-0.2, -0.15) is 0 Å². The molecular weight excluding hydrogens is 436 g/mol. The van der Waals surface area contributed by atoms with Crippen LogP contribution in [0.1, 0.15) is 36.8 Å². The number of Topliss-reactive ketones (excluding diaryl/α,β-unsaturated/α-hetero) is 1. The Bertz CT molecular complexity index is 986. The quantitative estimate of drug-likeness (QED) is 0.466. The molecule has 4 atom stereocenters. The second kappa shape index (κ2) is 9.23. The Hall–Kier alpha value is -3.17. The number of fused-ring (bicyclic) bond motifs is 2. The molecule has 2 bridgehead atoms. The van der Waals surface area contributed by atoms with E-state index in [-0.39, 0.29) is 13.1 Å². The Kier molecular flexibility index (Phi) is 6.51. The van der Waals surface area contributed by atoms with E-state index >= 15 is 0 Å². The van der Waals surface area contributed by atoms with E-state index in [1.165, 1.54) is 14.2 Å². The number of carbonyl (C=O) groups is 3. The summed E-state index contributed by atoms with van der Waals surface area (Å²) in [5, 5.41) is 0. The Labute approximate surface area is 199 Å². The van der Waals surface area contributed by atoms with E-state index in [0.29, 0.717) is 17.9 Å². The number of ketones is 1. The molecule has 4 heterocycles. The number of pyridine rings is 2. The van der Waals surface area contributed by atoms with Crippen LogP contribution in [0.2, 0.25) is 0 Å². The van der Waals surface area contributed by atoms with E-state index in [1.54, 1.807) is 43.7 Å². The van der Waals surface area contributed by atoms with E-state index in [2.05, 4.69) is 9.97 Å². The summed E-state index contributed by atoms with van der Waals surface area (Å²) in [5.41, 5.74) is -2.27. The van der Waals surface area contributed by atoms with Gasteiger partial charge in [-0.15, -0.1) is 0 Å². The van der Waals surface area contributed by atoms with Crippen LogP contribution in [0.4, 0.5) is 0 Å². The first-order valence-electron chi connectivity index (χ1n) is 11.4. The highest BCUT2D eigenvalue weighted by molar-refractivity contribution is 6.17. The van der Waals surface area contributed by atoms with Gasteiger partial charge in [0.05, 0.1) is 37.7 Å². The lowest BCUT2D eigenvalue weighted by molar-refractivity contribution is -0.203. The van der Waals surface area contributed by atoms with Crippen LogP contribution in [0.15, 0.2) is 48.8 Å². The Morgan fingerprint density at radius 1 is 0.941 bits per heavy atom. The van der Waals surface area contributed by atoms with E-state index in [0.717, 1.165) is 6.42 Å². The number of carbonyl (C=O) groups excluding carboxylic acids is 3. The number of nitrogens with zero attached hydrogens (tertiary/aromatic N) is 4. The van der Waals surface area contributed by atoms with Crippen LogP contribution in [0.25, 0.3) is 0 Å². The maximum absolute atomic E-state index is 14.6. The minimum Gasteiger partial charge on any atom is -0.468 e. The fourth-order valence-electron chi connectivity index (χ4n) is 5.94. The molecule has 0 N–H and O–H groups in total. The molecule has 0 aliphatic carbocycles. The number of methoxy groups -OCH3 is 2. The zero-order valence-corrected chi connectivity index (χ0v) is 19.9. The lowest BCUT2D eigenvalue weighted by atomic mass is 9.54. The number of aromatic nitrogens is 2. The van der Waals surface area contributed by atoms with E-state index in [4.69, 9.17) is 9.47 Å². The first kappa shape index (κ1) is 24.0. The third-order valence-electron chi connectivity index (χ3n) is 7.08. The van der Waals surface area contributed by atoms with Crippen LogP contribution in [-0.2, 0) is 23.9 Å².